The fraction of sp³-hybridized carbons (Fsp3) is 0.364. The second-order valence-electron chi connectivity index (χ2n) is 3.85. The van der Waals surface area contributed by atoms with Crippen molar-refractivity contribution >= 4 is 17.3 Å². The topological polar surface area (TPSA) is 84.8 Å². The Hall–Kier alpha value is -1.86. The smallest absolute Gasteiger partial charge is 0.287 e. The maximum absolute atomic E-state index is 11.9. The average Bonchev–Trinajstić information content (AvgIpc) is 2.92. The van der Waals surface area contributed by atoms with Crippen molar-refractivity contribution in [1.29, 1.82) is 0 Å². The Labute approximate surface area is 114 Å². The third-order valence-corrected chi connectivity index (χ3v) is 2.90. The molecule has 0 aliphatic carbocycles. The maximum Gasteiger partial charge on any atom is 0.287 e. The van der Waals surface area contributed by atoms with Gasteiger partial charge in [-0.1, -0.05) is 11.6 Å². The first-order valence-corrected chi connectivity index (χ1v) is 6.06. The monoisotopic (exact) mass is 283 g/mol. The van der Waals surface area contributed by atoms with Crippen LogP contribution in [0.2, 0.25) is 5.02 Å². The van der Waals surface area contributed by atoms with Crippen molar-refractivity contribution in [3.05, 3.63) is 39.5 Å². The van der Waals surface area contributed by atoms with Gasteiger partial charge in [-0.3, -0.25) is 9.89 Å². The number of halogens is 1. The van der Waals surface area contributed by atoms with Crippen molar-refractivity contribution in [3.8, 4) is 0 Å². The van der Waals surface area contributed by atoms with E-state index in [0.29, 0.717) is 25.4 Å². The van der Waals surface area contributed by atoms with Gasteiger partial charge in [-0.25, -0.2) is 4.68 Å². The molecule has 2 N–H and O–H groups in total. The number of nitrogens with zero attached hydrogens (tertiary/aromatic N) is 3. The van der Waals surface area contributed by atoms with Crippen LogP contribution in [0.25, 0.3) is 0 Å². The van der Waals surface area contributed by atoms with Crippen LogP contribution in [-0.4, -0.2) is 33.7 Å². The molecule has 0 saturated carbocycles. The van der Waals surface area contributed by atoms with Gasteiger partial charge in [0.2, 0.25) is 0 Å². The number of aromatic nitrogens is 4. The van der Waals surface area contributed by atoms with Crippen LogP contribution in [0.3, 0.4) is 0 Å². The van der Waals surface area contributed by atoms with Gasteiger partial charge >= 0.3 is 0 Å². The van der Waals surface area contributed by atoms with E-state index in [9.17, 15) is 4.79 Å². The average molecular weight is 284 g/mol. The zero-order valence-electron chi connectivity index (χ0n) is 10.4. The first-order chi connectivity index (χ1) is 9.22. The Morgan fingerprint density at radius 1 is 1.53 bits per heavy atom. The van der Waals surface area contributed by atoms with Gasteiger partial charge in [0, 0.05) is 25.4 Å². The first-order valence-electron chi connectivity index (χ1n) is 5.68. The van der Waals surface area contributed by atoms with E-state index < -0.39 is 0 Å². The standard InChI is InChI=1S/C11H14ClN5O2/c1-19-3-2-17-11(18)10(12)9(7-16-17)13-4-8-5-14-15-6-8/h5-7,13H,2-4H2,1H3,(H,14,15). The predicted molar refractivity (Wildman–Crippen MR) is 71.3 cm³/mol. The van der Waals surface area contributed by atoms with Crippen LogP contribution < -0.4 is 10.9 Å². The van der Waals surface area contributed by atoms with Crippen molar-refractivity contribution < 1.29 is 4.74 Å². The van der Waals surface area contributed by atoms with E-state index in [1.54, 1.807) is 19.5 Å². The van der Waals surface area contributed by atoms with Gasteiger partial charge in [0.15, 0.2) is 0 Å². The number of ether oxygens (including phenoxy) is 1. The van der Waals surface area contributed by atoms with Crippen LogP contribution in [-0.2, 0) is 17.8 Å². The molecular formula is C11H14ClN5O2. The molecule has 0 radical (unpaired) electrons. The van der Waals surface area contributed by atoms with E-state index in [1.165, 1.54) is 10.9 Å². The van der Waals surface area contributed by atoms with Crippen LogP contribution in [0.15, 0.2) is 23.4 Å². The summed E-state index contributed by atoms with van der Waals surface area (Å²) in [5, 5.41) is 13.7. The number of anilines is 1. The van der Waals surface area contributed by atoms with Gasteiger partial charge in [0.1, 0.15) is 5.02 Å². The zero-order valence-corrected chi connectivity index (χ0v) is 11.1. The maximum atomic E-state index is 11.9. The Kier molecular flexibility index (Phi) is 4.53. The highest BCUT2D eigenvalue weighted by atomic mass is 35.5. The van der Waals surface area contributed by atoms with Crippen molar-refractivity contribution in [2.45, 2.75) is 13.1 Å². The highest BCUT2D eigenvalue weighted by Crippen LogP contribution is 2.16. The molecule has 0 unspecified atom stereocenters. The summed E-state index contributed by atoms with van der Waals surface area (Å²) in [6.07, 6.45) is 4.97. The number of hydrogen-bond donors (Lipinski definition) is 2. The summed E-state index contributed by atoms with van der Waals surface area (Å²) in [6.45, 7) is 1.29. The number of methoxy groups -OCH3 is 1. The number of H-pyrrole nitrogens is 1. The van der Waals surface area contributed by atoms with Gasteiger partial charge in [-0.15, -0.1) is 0 Å². The summed E-state index contributed by atoms with van der Waals surface area (Å²) in [6, 6.07) is 0. The van der Waals surface area contributed by atoms with E-state index in [4.69, 9.17) is 16.3 Å². The molecule has 19 heavy (non-hydrogen) atoms. The summed E-state index contributed by atoms with van der Waals surface area (Å²) in [4.78, 5) is 11.9. The molecule has 0 atom stereocenters. The molecular weight excluding hydrogens is 270 g/mol. The molecule has 0 aliphatic heterocycles. The van der Waals surface area contributed by atoms with Crippen LogP contribution in [0, 0.1) is 0 Å². The van der Waals surface area contributed by atoms with Gasteiger partial charge in [-0.05, 0) is 0 Å². The zero-order chi connectivity index (χ0) is 13.7. The largest absolute Gasteiger partial charge is 0.383 e. The lowest BCUT2D eigenvalue weighted by Crippen LogP contribution is -2.26. The second-order valence-corrected chi connectivity index (χ2v) is 4.23. The molecule has 0 saturated heterocycles. The summed E-state index contributed by atoms with van der Waals surface area (Å²) in [7, 11) is 1.56. The van der Waals surface area contributed by atoms with Gasteiger partial charge < -0.3 is 10.1 Å². The van der Waals surface area contributed by atoms with Crippen molar-refractivity contribution in [2.24, 2.45) is 0 Å². The SMILES string of the molecule is COCCn1ncc(NCc2cn[nH]c2)c(Cl)c1=O. The highest BCUT2D eigenvalue weighted by Gasteiger charge is 2.09. The predicted octanol–water partition coefficient (Wildman–Crippen LogP) is 0.878. The fourth-order valence-electron chi connectivity index (χ4n) is 1.50. The van der Waals surface area contributed by atoms with Crippen molar-refractivity contribution in [2.75, 3.05) is 19.0 Å². The quantitative estimate of drug-likeness (QED) is 0.822. The van der Waals surface area contributed by atoms with Gasteiger partial charge in [0.25, 0.3) is 5.56 Å². The van der Waals surface area contributed by atoms with Crippen LogP contribution in [0.1, 0.15) is 5.56 Å². The first kappa shape index (κ1) is 13.6. The normalized spacial score (nSPS) is 10.6. The Bertz CT molecular complexity index is 581. The number of rotatable bonds is 6. The summed E-state index contributed by atoms with van der Waals surface area (Å²) in [5.74, 6) is 0. The van der Waals surface area contributed by atoms with E-state index in [2.05, 4.69) is 20.6 Å². The molecule has 102 valence electrons. The minimum absolute atomic E-state index is 0.120. The Balaban J connectivity index is 2.09. The highest BCUT2D eigenvalue weighted by molar-refractivity contribution is 6.32. The molecule has 2 rings (SSSR count). The molecule has 2 heterocycles. The van der Waals surface area contributed by atoms with Crippen LogP contribution in [0.4, 0.5) is 5.69 Å². The van der Waals surface area contributed by atoms with E-state index in [1.807, 2.05) is 0 Å². The summed E-state index contributed by atoms with van der Waals surface area (Å²) in [5.41, 5.74) is 1.12. The fourth-order valence-corrected chi connectivity index (χ4v) is 1.71. The van der Waals surface area contributed by atoms with Gasteiger partial charge in [-0.2, -0.15) is 10.2 Å². The third-order valence-electron chi connectivity index (χ3n) is 2.53. The summed E-state index contributed by atoms with van der Waals surface area (Å²) < 4.78 is 6.17. The van der Waals surface area contributed by atoms with Crippen molar-refractivity contribution in [3.63, 3.8) is 0 Å². The van der Waals surface area contributed by atoms with E-state index >= 15 is 0 Å². The number of nitrogens with one attached hydrogen (secondary N) is 2. The molecule has 0 amide bonds. The molecule has 2 aromatic heterocycles. The molecule has 0 spiro atoms. The van der Waals surface area contributed by atoms with Gasteiger partial charge in [0.05, 0.1) is 31.2 Å². The van der Waals surface area contributed by atoms with Crippen LogP contribution >= 0.6 is 11.6 Å². The lowest BCUT2D eigenvalue weighted by atomic mass is 10.3. The molecule has 7 nitrogen and oxygen atoms in total. The number of aromatic amines is 1. The third kappa shape index (κ3) is 3.33. The lowest BCUT2D eigenvalue weighted by Gasteiger charge is -2.09. The molecule has 8 heteroatoms. The minimum Gasteiger partial charge on any atom is -0.383 e. The minimum atomic E-state index is -0.337. The summed E-state index contributed by atoms with van der Waals surface area (Å²) >= 11 is 6.02. The Morgan fingerprint density at radius 2 is 2.37 bits per heavy atom. The molecule has 0 aromatic carbocycles. The second kappa shape index (κ2) is 6.35. The molecule has 2 aromatic rings. The molecule has 0 fully saturated rings. The number of hydrogen-bond acceptors (Lipinski definition) is 5. The molecule has 0 bridgehead atoms. The lowest BCUT2D eigenvalue weighted by molar-refractivity contribution is 0.182. The van der Waals surface area contributed by atoms with Crippen LogP contribution in [0.5, 0.6) is 0 Å². The molecule has 0 aliphatic rings. The van der Waals surface area contributed by atoms with Crippen molar-refractivity contribution in [1.82, 2.24) is 20.0 Å². The van der Waals surface area contributed by atoms with E-state index in [0.717, 1.165) is 5.56 Å². The Morgan fingerprint density at radius 3 is 3.05 bits per heavy atom. The van der Waals surface area contributed by atoms with E-state index in [-0.39, 0.29) is 10.6 Å².